The van der Waals surface area contributed by atoms with Crippen molar-refractivity contribution < 1.29 is 51.0 Å². The second-order valence-electron chi connectivity index (χ2n) is 25.7. The number of azo groups is 1. The van der Waals surface area contributed by atoms with Crippen LogP contribution in [0.2, 0.25) is 0 Å². The number of benzene rings is 8. The van der Waals surface area contributed by atoms with Gasteiger partial charge in [-0.05, 0) is 175 Å². The number of fused-ring (bicyclic) bond motifs is 2. The summed E-state index contributed by atoms with van der Waals surface area (Å²) < 4.78 is 49.9. The Morgan fingerprint density at radius 2 is 1.25 bits per heavy atom. The fourth-order valence-corrected chi connectivity index (χ4v) is 13.2. The summed E-state index contributed by atoms with van der Waals surface area (Å²) in [5.41, 5.74) is 15.0. The Morgan fingerprint density at radius 1 is 0.632 bits per heavy atom. The van der Waals surface area contributed by atoms with Gasteiger partial charge in [-0.2, -0.15) is 15.3 Å². The molecule has 0 radical (unpaired) electrons. The number of aromatic nitrogens is 6. The first-order valence-electron chi connectivity index (χ1n) is 36.1. The van der Waals surface area contributed by atoms with Crippen LogP contribution in [0.1, 0.15) is 114 Å². The van der Waals surface area contributed by atoms with Crippen molar-refractivity contribution in [2.45, 2.75) is 85.9 Å². The predicted molar refractivity (Wildman–Crippen MR) is 445 cm³/mol. The number of halogens is 2. The van der Waals surface area contributed by atoms with Crippen molar-refractivity contribution in [3.8, 4) is 40.1 Å². The van der Waals surface area contributed by atoms with Gasteiger partial charge >= 0.3 is 0 Å². The Bertz CT molecular complexity index is 5790. The third-order valence-corrected chi connectivity index (χ3v) is 19.9. The fourth-order valence-electron chi connectivity index (χ4n) is 11.1. The molecule has 15 rings (SSSR count). The Labute approximate surface area is 677 Å². The zero-order valence-electron chi connectivity index (χ0n) is 62.8. The Balaban J connectivity index is 0.000000141. The highest BCUT2D eigenvalue weighted by Gasteiger charge is 2.23. The maximum Gasteiger partial charge on any atom is 0.273 e. The van der Waals surface area contributed by atoms with Crippen LogP contribution in [0, 0.1) is 24.2 Å². The Morgan fingerprint density at radius 3 is 1.88 bits per heavy atom. The van der Waals surface area contributed by atoms with E-state index in [1.165, 1.54) is 57.9 Å². The topological polar surface area (TPSA) is 309 Å². The Hall–Kier alpha value is -12.8. The average molecular weight is 1650 g/mol. The van der Waals surface area contributed by atoms with E-state index in [-0.39, 0.29) is 47.6 Å². The van der Waals surface area contributed by atoms with E-state index < -0.39 is 17.9 Å². The van der Waals surface area contributed by atoms with Gasteiger partial charge in [0.2, 0.25) is 27.2 Å². The van der Waals surface area contributed by atoms with Crippen LogP contribution < -0.4 is 41.3 Å². The second kappa shape index (κ2) is 40.4. The number of hydrogen-bond acceptors (Lipinski definition) is 21. The van der Waals surface area contributed by atoms with Gasteiger partial charge < -0.3 is 38.5 Å². The molecule has 0 atom stereocenters. The summed E-state index contributed by atoms with van der Waals surface area (Å²) in [4.78, 5) is 60.8. The largest absolute Gasteiger partial charge is 0.488 e. The number of amides is 4. The molecule has 1 aliphatic carbocycles. The van der Waals surface area contributed by atoms with Gasteiger partial charge in [-0.3, -0.25) is 39.3 Å². The van der Waals surface area contributed by atoms with E-state index in [1.54, 1.807) is 104 Å². The molecule has 0 bridgehead atoms. The molecule has 8 aromatic carbocycles. The molecule has 0 spiro atoms. The van der Waals surface area contributed by atoms with Crippen LogP contribution in [0.15, 0.2) is 264 Å². The standard InChI is InChI=1S/C19H18FN3O2S.C19H19N5O.C18H17N3O2S.C15H10BrNO5.C15H14OS/c1-12(2)18-22-23-19(26-18)21-17(24)15-5-3-4-6-16(15)25-11-13-7-9-14(20)10-8-13;1-13-6-4-5-7-17(13)23-22-15-8-9-16(14(2)12-15)21-19(25)18-10-11-20-24(18)3;1-2-16-20-21-18(24-16)19-17(22)14-10-6-7-11-15(14)23-12-13-8-4-3-5-9-13;16-11-6-5-10(21-11)14-15(20-7-12(17)18)13(19)8-3-1-2-4-9(8)22-14;17-15-10-14(11-6-2-1-3-7-11)16-13-9-5-4-8-12(13)15/h3-10,12H,11H2,1-2H3,(H,21,23,24);4-12H,1-3H3,(H,21,25);3-11H,2,12H2,1H3,(H,19,21,22);1-6H,7H2,(H2,17,18);1-3,6-7,10H,4-5,8-9H2. The molecule has 0 saturated heterocycles. The molecular formula is C86H78BrFN12O11S3. The van der Waals surface area contributed by atoms with Crippen LogP contribution in [-0.2, 0) is 44.3 Å². The van der Waals surface area contributed by atoms with E-state index in [2.05, 4.69) is 79.7 Å². The number of nitrogens with zero attached hydrogens (tertiary/aromatic N) is 8. The van der Waals surface area contributed by atoms with Gasteiger partial charge in [0.25, 0.3) is 23.6 Å². The van der Waals surface area contributed by atoms with E-state index in [4.69, 9.17) is 45.4 Å². The van der Waals surface area contributed by atoms with Gasteiger partial charge in [0, 0.05) is 46.9 Å². The van der Waals surface area contributed by atoms with E-state index in [1.807, 2.05) is 144 Å². The minimum Gasteiger partial charge on any atom is -0.488 e. The molecule has 14 aromatic rings. The fraction of sp³-hybridized carbons (Fsp3) is 0.174. The molecule has 0 fully saturated rings. The van der Waals surface area contributed by atoms with Gasteiger partial charge in [0.15, 0.2) is 17.0 Å². The first-order valence-corrected chi connectivity index (χ1v) is 38.9. The first-order chi connectivity index (χ1) is 55.2. The molecule has 6 heterocycles. The number of furan rings is 1. The van der Waals surface area contributed by atoms with Crippen molar-refractivity contribution in [2.24, 2.45) is 23.0 Å². The lowest BCUT2D eigenvalue weighted by Crippen LogP contribution is -2.22. The van der Waals surface area contributed by atoms with Gasteiger partial charge in [-0.25, -0.2) is 4.39 Å². The lowest BCUT2D eigenvalue weighted by atomic mass is 9.97. The van der Waals surface area contributed by atoms with E-state index in [0.29, 0.717) is 66.6 Å². The summed E-state index contributed by atoms with van der Waals surface area (Å²) in [5.74, 6) is 1.78. The zero-order chi connectivity index (χ0) is 80.5. The second-order valence-corrected chi connectivity index (χ2v) is 29.0. The third kappa shape index (κ3) is 23.0. The van der Waals surface area contributed by atoms with Gasteiger partial charge in [-0.1, -0.05) is 183 Å². The molecule has 4 amide bonds. The number of para-hydroxylation sites is 3. The molecule has 0 unspecified atom stereocenters. The van der Waals surface area contributed by atoms with Crippen molar-refractivity contribution in [2.75, 3.05) is 22.6 Å². The summed E-state index contributed by atoms with van der Waals surface area (Å²) in [6.07, 6.45) is 6.94. The normalized spacial score (nSPS) is 11.3. The van der Waals surface area contributed by atoms with E-state index >= 15 is 0 Å². The van der Waals surface area contributed by atoms with Crippen molar-refractivity contribution in [3.63, 3.8) is 0 Å². The first kappa shape index (κ1) is 82.2. The van der Waals surface area contributed by atoms with E-state index in [9.17, 15) is 28.4 Å². The quantitative estimate of drug-likeness (QED) is 0.0384. The number of carbonyl (C=O) groups is 4. The van der Waals surface area contributed by atoms with Crippen molar-refractivity contribution >= 4 is 113 Å². The number of primary amides is 1. The number of aryl methyl sites for hydroxylation is 5. The highest BCUT2D eigenvalue weighted by molar-refractivity contribution is 9.10. The number of anilines is 3. The third-order valence-electron chi connectivity index (χ3n) is 17.0. The lowest BCUT2D eigenvalue weighted by Gasteiger charge is -2.15. The minimum absolute atomic E-state index is 0.107. The number of nitrogens with one attached hydrogen (secondary N) is 3. The summed E-state index contributed by atoms with van der Waals surface area (Å²) in [6, 6.07) is 67.2. The van der Waals surface area contributed by atoms with Gasteiger partial charge in [0.1, 0.15) is 63.3 Å². The molecule has 5 N–H and O–H groups in total. The van der Waals surface area contributed by atoms with Crippen molar-refractivity contribution in [1.82, 2.24) is 30.2 Å². The highest BCUT2D eigenvalue weighted by Crippen LogP contribution is 2.35. The van der Waals surface area contributed by atoms with Crippen LogP contribution in [0.4, 0.5) is 31.7 Å². The number of hydrogen-bond donors (Lipinski definition) is 4. The monoisotopic (exact) mass is 1650 g/mol. The van der Waals surface area contributed by atoms with Crippen LogP contribution in [0.5, 0.6) is 17.2 Å². The lowest BCUT2D eigenvalue weighted by molar-refractivity contribution is -0.120. The molecule has 23 nitrogen and oxygen atoms in total. The number of nitrogens with two attached hydrogens (primary N) is 1. The Kier molecular flexibility index (Phi) is 29.2. The molecule has 580 valence electrons. The van der Waals surface area contributed by atoms with Crippen LogP contribution in [0.25, 0.3) is 33.8 Å². The minimum atomic E-state index is -0.695. The molecule has 1 aliphatic rings. The number of ether oxygens (including phenoxy) is 3. The van der Waals surface area contributed by atoms with E-state index in [0.717, 1.165) is 90.2 Å². The van der Waals surface area contributed by atoms with Crippen LogP contribution in [0.3, 0.4) is 0 Å². The zero-order valence-corrected chi connectivity index (χ0v) is 66.8. The average Bonchev–Trinajstić information content (AvgIpc) is 1.21. The molecule has 114 heavy (non-hydrogen) atoms. The molecule has 0 aliphatic heterocycles. The number of rotatable bonds is 21. The molecule has 6 aromatic heterocycles. The molecule has 28 heteroatoms. The smallest absolute Gasteiger partial charge is 0.273 e. The van der Waals surface area contributed by atoms with Gasteiger partial charge in [-0.15, -0.1) is 20.4 Å². The highest BCUT2D eigenvalue weighted by atomic mass is 79.9. The summed E-state index contributed by atoms with van der Waals surface area (Å²) >= 11 is 11.4. The van der Waals surface area contributed by atoms with Gasteiger partial charge in [0.05, 0.1) is 27.9 Å². The summed E-state index contributed by atoms with van der Waals surface area (Å²) in [5, 5.41) is 40.1. The number of carbonyl (C=O) groups excluding carboxylic acids is 4. The molecular weight excluding hydrogens is 1570 g/mol. The van der Waals surface area contributed by atoms with Crippen LogP contribution >= 0.6 is 50.8 Å². The molecule has 0 saturated carbocycles. The maximum absolute atomic E-state index is 13.0. The summed E-state index contributed by atoms with van der Waals surface area (Å²) in [7, 11) is 1.73. The predicted octanol–water partition coefficient (Wildman–Crippen LogP) is 20.5. The van der Waals surface area contributed by atoms with Crippen molar-refractivity contribution in [1.29, 1.82) is 0 Å². The SMILES string of the molecule is CC(C)c1nnc(NC(=O)c2ccccc2OCc2ccc(F)cc2)s1.CCc1nnc(NC(=O)c2ccccc2OCc2ccccc2)s1.Cc1ccccc1N=Nc1ccc(NC(=O)c2ccnn2C)c(C)c1.NC(=O)COc1c(-c2ccc(Br)o2)oc2ccccc2c1=O.S=c1cc(-c2ccccc2)oc2c1CCCC2. The van der Waals surface area contributed by atoms with Crippen LogP contribution in [-0.4, -0.2) is 60.4 Å². The summed E-state index contributed by atoms with van der Waals surface area (Å²) in [6.45, 7) is 10.2. The van der Waals surface area contributed by atoms with Crippen molar-refractivity contribution in [3.05, 3.63) is 316 Å². The maximum atomic E-state index is 13.0.